The van der Waals surface area contributed by atoms with Crippen LogP contribution in [0.15, 0.2) is 59.5 Å². The lowest BCUT2D eigenvalue weighted by Crippen LogP contribution is -2.29. The minimum atomic E-state index is -0.151. The Bertz CT molecular complexity index is 880. The van der Waals surface area contributed by atoms with Gasteiger partial charge in [-0.1, -0.05) is 54.3 Å². The fourth-order valence-electron chi connectivity index (χ4n) is 2.56. The van der Waals surface area contributed by atoms with Crippen molar-refractivity contribution < 1.29 is 14.7 Å². The highest BCUT2D eigenvalue weighted by molar-refractivity contribution is 8.26. The zero-order valence-corrected chi connectivity index (χ0v) is 16.1. The van der Waals surface area contributed by atoms with Crippen molar-refractivity contribution in [2.75, 3.05) is 11.9 Å². The summed E-state index contributed by atoms with van der Waals surface area (Å²) in [6.45, 7) is 0.403. The number of phenolic OH excluding ortho intramolecular Hbond substituents is 1. The summed E-state index contributed by atoms with van der Waals surface area (Å²) >= 11 is 6.55. The number of hydrogen-bond acceptors (Lipinski definition) is 5. The maximum atomic E-state index is 12.6. The molecule has 7 heteroatoms. The predicted molar refractivity (Wildman–Crippen MR) is 112 cm³/mol. The second-order valence-electron chi connectivity index (χ2n) is 5.94. The Morgan fingerprint density at radius 1 is 1.15 bits per heavy atom. The number of amides is 2. The number of nitrogens with zero attached hydrogens (tertiary/aromatic N) is 1. The number of benzene rings is 2. The van der Waals surface area contributed by atoms with E-state index >= 15 is 0 Å². The summed E-state index contributed by atoms with van der Waals surface area (Å²) in [4.78, 5) is 26.6. The molecule has 2 N–H and O–H groups in total. The van der Waals surface area contributed by atoms with Gasteiger partial charge in [0.1, 0.15) is 10.1 Å². The topological polar surface area (TPSA) is 69.6 Å². The Labute approximate surface area is 167 Å². The summed E-state index contributed by atoms with van der Waals surface area (Å²) in [5.74, 6) is -0.0682. The van der Waals surface area contributed by atoms with E-state index in [0.717, 1.165) is 11.3 Å². The molecule has 0 atom stereocenters. The van der Waals surface area contributed by atoms with E-state index in [1.54, 1.807) is 30.3 Å². The van der Waals surface area contributed by atoms with Gasteiger partial charge in [0.15, 0.2) is 0 Å². The van der Waals surface area contributed by atoms with Crippen LogP contribution in [0.5, 0.6) is 5.75 Å². The lowest BCUT2D eigenvalue weighted by Gasteiger charge is -2.14. The third-order valence-electron chi connectivity index (χ3n) is 3.91. The van der Waals surface area contributed by atoms with Crippen LogP contribution in [-0.4, -0.2) is 32.7 Å². The fraction of sp³-hybridized carbons (Fsp3) is 0.150. The maximum Gasteiger partial charge on any atom is 0.266 e. The SMILES string of the molecule is O=C(CCCN1C(=O)/C(=C/c2ccc(O)cc2)SC1=S)Nc1ccccc1. The van der Waals surface area contributed by atoms with Gasteiger partial charge in [-0.3, -0.25) is 14.5 Å². The van der Waals surface area contributed by atoms with Crippen molar-refractivity contribution in [3.8, 4) is 5.75 Å². The first-order valence-electron chi connectivity index (χ1n) is 8.42. The maximum absolute atomic E-state index is 12.6. The number of hydrogen-bond donors (Lipinski definition) is 2. The Balaban J connectivity index is 1.53. The zero-order valence-electron chi connectivity index (χ0n) is 14.4. The van der Waals surface area contributed by atoms with Crippen LogP contribution in [0, 0.1) is 0 Å². The van der Waals surface area contributed by atoms with Crippen LogP contribution < -0.4 is 5.32 Å². The lowest BCUT2D eigenvalue weighted by molar-refractivity contribution is -0.122. The molecule has 27 heavy (non-hydrogen) atoms. The van der Waals surface area contributed by atoms with Gasteiger partial charge in [0.2, 0.25) is 5.91 Å². The van der Waals surface area contributed by atoms with E-state index < -0.39 is 0 Å². The van der Waals surface area contributed by atoms with Crippen molar-refractivity contribution in [2.24, 2.45) is 0 Å². The van der Waals surface area contributed by atoms with E-state index in [1.165, 1.54) is 16.7 Å². The summed E-state index contributed by atoms with van der Waals surface area (Å²) in [5.41, 5.74) is 1.57. The van der Waals surface area contributed by atoms with Crippen LogP contribution >= 0.6 is 24.0 Å². The monoisotopic (exact) mass is 398 g/mol. The molecule has 0 saturated carbocycles. The Hall–Kier alpha value is -2.64. The molecule has 5 nitrogen and oxygen atoms in total. The summed E-state index contributed by atoms with van der Waals surface area (Å²) in [6.07, 6.45) is 2.58. The van der Waals surface area contributed by atoms with Crippen LogP contribution in [0.3, 0.4) is 0 Å². The summed E-state index contributed by atoms with van der Waals surface area (Å²) < 4.78 is 0.494. The number of thioether (sulfide) groups is 1. The summed E-state index contributed by atoms with van der Waals surface area (Å²) in [6, 6.07) is 15.9. The minimum absolute atomic E-state index is 0.0914. The zero-order chi connectivity index (χ0) is 19.2. The van der Waals surface area contributed by atoms with Crippen molar-refractivity contribution in [1.82, 2.24) is 4.90 Å². The van der Waals surface area contributed by atoms with E-state index in [-0.39, 0.29) is 17.6 Å². The van der Waals surface area contributed by atoms with Crippen molar-refractivity contribution >= 4 is 51.9 Å². The van der Waals surface area contributed by atoms with Gasteiger partial charge in [0, 0.05) is 18.7 Å². The van der Waals surface area contributed by atoms with Crippen LogP contribution in [-0.2, 0) is 9.59 Å². The Morgan fingerprint density at radius 2 is 1.85 bits per heavy atom. The highest BCUT2D eigenvalue weighted by Crippen LogP contribution is 2.32. The molecule has 0 radical (unpaired) electrons. The number of phenols is 1. The van der Waals surface area contributed by atoms with Crippen LogP contribution in [0.1, 0.15) is 18.4 Å². The van der Waals surface area contributed by atoms with Crippen LogP contribution in [0.25, 0.3) is 6.08 Å². The van der Waals surface area contributed by atoms with Gasteiger partial charge < -0.3 is 10.4 Å². The molecule has 0 aromatic heterocycles. The first-order valence-corrected chi connectivity index (χ1v) is 9.65. The Kier molecular flexibility index (Phi) is 6.26. The third-order valence-corrected chi connectivity index (χ3v) is 5.29. The van der Waals surface area contributed by atoms with Gasteiger partial charge in [0.05, 0.1) is 4.91 Å². The smallest absolute Gasteiger partial charge is 0.266 e. The second kappa shape index (κ2) is 8.83. The van der Waals surface area contributed by atoms with E-state index in [2.05, 4.69) is 5.32 Å². The normalized spacial score (nSPS) is 15.4. The molecular formula is C20H18N2O3S2. The molecule has 1 aliphatic heterocycles. The molecule has 1 heterocycles. The number of thiocarbonyl (C=S) groups is 1. The third kappa shape index (κ3) is 5.18. The lowest BCUT2D eigenvalue weighted by atomic mass is 10.2. The van der Waals surface area contributed by atoms with Gasteiger partial charge in [-0.25, -0.2) is 0 Å². The van der Waals surface area contributed by atoms with Crippen LogP contribution in [0.4, 0.5) is 5.69 Å². The van der Waals surface area contributed by atoms with Gasteiger partial charge in [-0.05, 0) is 42.3 Å². The average molecular weight is 399 g/mol. The second-order valence-corrected chi connectivity index (χ2v) is 7.62. The van der Waals surface area contributed by atoms with Crippen LogP contribution in [0.2, 0.25) is 0 Å². The molecule has 0 bridgehead atoms. The van der Waals surface area contributed by atoms with E-state index in [0.29, 0.717) is 28.6 Å². The molecule has 1 fully saturated rings. The number of rotatable bonds is 6. The number of anilines is 1. The number of nitrogens with one attached hydrogen (secondary N) is 1. The van der Waals surface area contributed by atoms with Crippen molar-refractivity contribution in [1.29, 1.82) is 0 Å². The molecule has 3 rings (SSSR count). The first kappa shape index (κ1) is 19.1. The van der Waals surface area contributed by atoms with E-state index in [4.69, 9.17) is 12.2 Å². The van der Waals surface area contributed by atoms with Crippen molar-refractivity contribution in [3.63, 3.8) is 0 Å². The molecule has 2 aromatic carbocycles. The molecule has 138 valence electrons. The number of carbonyl (C=O) groups excluding carboxylic acids is 2. The number of para-hydroxylation sites is 1. The standard InChI is InChI=1S/C20H18N2O3S2/c23-16-10-8-14(9-11-16)13-17-19(25)22(20(26)27-17)12-4-7-18(24)21-15-5-2-1-3-6-15/h1-3,5-6,8-11,13,23H,4,7,12H2,(H,21,24)/b17-13-. The molecule has 0 unspecified atom stereocenters. The quantitative estimate of drug-likeness (QED) is 0.568. The van der Waals surface area contributed by atoms with Crippen molar-refractivity contribution in [2.45, 2.75) is 12.8 Å². The van der Waals surface area contributed by atoms with Gasteiger partial charge in [-0.15, -0.1) is 0 Å². The van der Waals surface area contributed by atoms with E-state index in [1.807, 2.05) is 30.3 Å². The van der Waals surface area contributed by atoms with Crippen molar-refractivity contribution in [3.05, 3.63) is 65.1 Å². The number of aromatic hydroxyl groups is 1. The molecule has 0 aliphatic carbocycles. The molecule has 1 saturated heterocycles. The average Bonchev–Trinajstić information content (AvgIpc) is 2.92. The molecule has 1 aliphatic rings. The van der Waals surface area contributed by atoms with Gasteiger partial charge >= 0.3 is 0 Å². The molecule has 2 aromatic rings. The largest absolute Gasteiger partial charge is 0.508 e. The van der Waals surface area contributed by atoms with Gasteiger partial charge in [0.25, 0.3) is 5.91 Å². The van der Waals surface area contributed by atoms with E-state index in [9.17, 15) is 14.7 Å². The highest BCUT2D eigenvalue weighted by atomic mass is 32.2. The number of carbonyl (C=O) groups is 2. The Morgan fingerprint density at radius 3 is 2.56 bits per heavy atom. The summed E-state index contributed by atoms with van der Waals surface area (Å²) in [7, 11) is 0. The molecule has 0 spiro atoms. The molecule has 2 amide bonds. The predicted octanol–water partition coefficient (Wildman–Crippen LogP) is 4.01. The fourth-order valence-corrected chi connectivity index (χ4v) is 3.87. The van der Waals surface area contributed by atoms with Gasteiger partial charge in [-0.2, -0.15) is 0 Å². The molecular weight excluding hydrogens is 380 g/mol. The first-order chi connectivity index (χ1) is 13.0. The highest BCUT2D eigenvalue weighted by Gasteiger charge is 2.31. The summed E-state index contributed by atoms with van der Waals surface area (Å²) in [5, 5.41) is 12.2. The minimum Gasteiger partial charge on any atom is -0.508 e.